The number of hydrogen-bond donors (Lipinski definition) is 0. The molecule has 0 aromatic heterocycles. The van der Waals surface area contributed by atoms with Crippen LogP contribution in [0.25, 0.3) is 0 Å². The Morgan fingerprint density at radius 1 is 0.879 bits per heavy atom. The quantitative estimate of drug-likeness (QED) is 0.651. The van der Waals surface area contributed by atoms with Gasteiger partial charge in [-0.25, -0.2) is 8.42 Å². The van der Waals surface area contributed by atoms with Crippen molar-refractivity contribution in [1.82, 2.24) is 9.21 Å². The van der Waals surface area contributed by atoms with Crippen LogP contribution in [0.4, 0.5) is 5.69 Å². The molecule has 2 heterocycles. The molecular weight excluding hydrogens is 458 g/mol. The lowest BCUT2D eigenvalue weighted by Gasteiger charge is -2.39. The number of carbonyl (C=O) groups is 1. The molecule has 2 saturated heterocycles. The van der Waals surface area contributed by atoms with Crippen molar-refractivity contribution in [2.75, 3.05) is 44.2 Å². The second-order valence-corrected chi connectivity index (χ2v) is 11.5. The summed E-state index contributed by atoms with van der Waals surface area (Å²) in [4.78, 5) is 17.8. The third-order valence-electron chi connectivity index (χ3n) is 6.79. The van der Waals surface area contributed by atoms with Gasteiger partial charge in [-0.2, -0.15) is 4.31 Å². The zero-order valence-corrected chi connectivity index (χ0v) is 21.1. The standard InChI is InChI=1S/C25H32ClN3O3S/c1-18-16-19(2)24(20(3)17-18)33(31,32)29-10-8-21(9-11-29)25(30)28-14-12-27(13-15-28)23-6-4-22(26)5-7-23/h4-7,16-17,21H,8-15H2,1-3H3. The van der Waals surface area contributed by atoms with Crippen LogP contribution in [-0.4, -0.2) is 62.8 Å². The number of amides is 1. The maximum absolute atomic E-state index is 13.3. The van der Waals surface area contributed by atoms with E-state index in [4.69, 9.17) is 11.6 Å². The number of piperidine rings is 1. The molecule has 178 valence electrons. The van der Waals surface area contributed by atoms with Gasteiger partial charge in [0.25, 0.3) is 0 Å². The van der Waals surface area contributed by atoms with Crippen LogP contribution in [0, 0.1) is 26.7 Å². The van der Waals surface area contributed by atoms with Gasteiger partial charge in [0.05, 0.1) is 4.90 Å². The average Bonchev–Trinajstić information content (AvgIpc) is 2.78. The van der Waals surface area contributed by atoms with Crippen LogP contribution in [0.3, 0.4) is 0 Å². The number of aryl methyl sites for hydroxylation is 3. The Hall–Kier alpha value is -2.09. The maximum atomic E-state index is 13.3. The fraction of sp³-hybridized carbons (Fsp3) is 0.480. The summed E-state index contributed by atoms with van der Waals surface area (Å²) in [5.74, 6) is 0.0456. The third kappa shape index (κ3) is 5.05. The van der Waals surface area contributed by atoms with Crippen molar-refractivity contribution in [2.45, 2.75) is 38.5 Å². The van der Waals surface area contributed by atoms with Crippen molar-refractivity contribution in [1.29, 1.82) is 0 Å². The molecule has 2 fully saturated rings. The molecule has 0 saturated carbocycles. The van der Waals surface area contributed by atoms with Crippen molar-refractivity contribution >= 4 is 33.2 Å². The molecule has 6 nitrogen and oxygen atoms in total. The lowest BCUT2D eigenvalue weighted by Crippen LogP contribution is -2.52. The smallest absolute Gasteiger partial charge is 0.243 e. The molecule has 0 unspecified atom stereocenters. The van der Waals surface area contributed by atoms with Gasteiger partial charge in [0, 0.05) is 55.9 Å². The summed E-state index contributed by atoms with van der Waals surface area (Å²) in [5.41, 5.74) is 3.74. The minimum atomic E-state index is -3.56. The predicted octanol–water partition coefficient (Wildman–Crippen LogP) is 4.01. The number of carbonyl (C=O) groups excluding carboxylic acids is 1. The Bertz CT molecular complexity index is 1100. The van der Waals surface area contributed by atoms with E-state index in [0.717, 1.165) is 35.5 Å². The molecule has 1 amide bonds. The molecule has 33 heavy (non-hydrogen) atoms. The zero-order valence-electron chi connectivity index (χ0n) is 19.6. The summed E-state index contributed by atoms with van der Waals surface area (Å²) in [6.45, 7) is 9.39. The summed E-state index contributed by atoms with van der Waals surface area (Å²) < 4.78 is 28.2. The Labute approximate surface area is 202 Å². The first kappa shape index (κ1) is 24.0. The summed E-state index contributed by atoms with van der Waals surface area (Å²) >= 11 is 5.98. The van der Waals surface area contributed by atoms with E-state index in [0.29, 0.717) is 48.9 Å². The van der Waals surface area contributed by atoms with Gasteiger partial charge < -0.3 is 9.80 Å². The van der Waals surface area contributed by atoms with Crippen LogP contribution in [-0.2, 0) is 14.8 Å². The number of rotatable bonds is 4. The molecule has 2 aliphatic rings. The van der Waals surface area contributed by atoms with E-state index in [1.807, 2.05) is 62.1 Å². The first-order valence-corrected chi connectivity index (χ1v) is 13.4. The van der Waals surface area contributed by atoms with Gasteiger partial charge in [0.1, 0.15) is 0 Å². The van der Waals surface area contributed by atoms with Crippen molar-refractivity contribution < 1.29 is 13.2 Å². The van der Waals surface area contributed by atoms with Gasteiger partial charge in [-0.1, -0.05) is 29.3 Å². The number of piperazine rings is 1. The van der Waals surface area contributed by atoms with E-state index in [1.54, 1.807) is 4.31 Å². The highest BCUT2D eigenvalue weighted by molar-refractivity contribution is 7.89. The van der Waals surface area contributed by atoms with Crippen molar-refractivity contribution in [3.63, 3.8) is 0 Å². The molecule has 0 aliphatic carbocycles. The number of anilines is 1. The molecule has 0 radical (unpaired) electrons. The molecule has 0 N–H and O–H groups in total. The molecule has 2 aliphatic heterocycles. The number of sulfonamides is 1. The monoisotopic (exact) mass is 489 g/mol. The summed E-state index contributed by atoms with van der Waals surface area (Å²) in [7, 11) is -3.56. The van der Waals surface area contributed by atoms with E-state index in [1.165, 1.54) is 0 Å². The van der Waals surface area contributed by atoms with Crippen LogP contribution in [0.15, 0.2) is 41.3 Å². The number of hydrogen-bond acceptors (Lipinski definition) is 4. The molecule has 2 aromatic rings. The van der Waals surface area contributed by atoms with E-state index in [2.05, 4.69) is 4.90 Å². The van der Waals surface area contributed by atoms with Crippen molar-refractivity contribution in [3.8, 4) is 0 Å². The van der Waals surface area contributed by atoms with Crippen LogP contribution in [0.2, 0.25) is 5.02 Å². The minimum absolute atomic E-state index is 0.112. The summed E-state index contributed by atoms with van der Waals surface area (Å²) in [6.07, 6.45) is 1.14. The first-order valence-electron chi connectivity index (χ1n) is 11.5. The number of nitrogens with zero attached hydrogens (tertiary/aromatic N) is 3. The molecular formula is C25H32ClN3O3S. The largest absolute Gasteiger partial charge is 0.368 e. The average molecular weight is 490 g/mol. The maximum Gasteiger partial charge on any atom is 0.243 e. The Balaban J connectivity index is 1.34. The highest BCUT2D eigenvalue weighted by atomic mass is 35.5. The van der Waals surface area contributed by atoms with E-state index >= 15 is 0 Å². The summed E-state index contributed by atoms with van der Waals surface area (Å²) in [5, 5.41) is 0.716. The van der Waals surface area contributed by atoms with Crippen LogP contribution in [0.5, 0.6) is 0 Å². The minimum Gasteiger partial charge on any atom is -0.368 e. The van der Waals surface area contributed by atoms with Crippen molar-refractivity contribution in [3.05, 3.63) is 58.1 Å². The Morgan fingerprint density at radius 3 is 1.97 bits per heavy atom. The van der Waals surface area contributed by atoms with Crippen LogP contribution in [0.1, 0.15) is 29.5 Å². The van der Waals surface area contributed by atoms with Crippen LogP contribution < -0.4 is 4.90 Å². The fourth-order valence-corrected chi connectivity index (χ4v) is 7.15. The Morgan fingerprint density at radius 2 is 1.42 bits per heavy atom. The normalized spacial score (nSPS) is 18.5. The van der Waals surface area contributed by atoms with Gasteiger partial charge in [-0.15, -0.1) is 0 Å². The van der Waals surface area contributed by atoms with E-state index in [9.17, 15) is 13.2 Å². The highest BCUT2D eigenvalue weighted by Gasteiger charge is 2.35. The van der Waals surface area contributed by atoms with E-state index in [-0.39, 0.29) is 11.8 Å². The SMILES string of the molecule is Cc1cc(C)c(S(=O)(=O)N2CCC(C(=O)N3CCN(c4ccc(Cl)cc4)CC3)CC2)c(C)c1. The van der Waals surface area contributed by atoms with Crippen LogP contribution >= 0.6 is 11.6 Å². The third-order valence-corrected chi connectivity index (χ3v) is 9.25. The lowest BCUT2D eigenvalue weighted by atomic mass is 9.96. The van der Waals surface area contributed by atoms with Gasteiger partial charge >= 0.3 is 0 Å². The molecule has 2 aromatic carbocycles. The topological polar surface area (TPSA) is 60.9 Å². The lowest BCUT2D eigenvalue weighted by molar-refractivity contribution is -0.137. The highest BCUT2D eigenvalue weighted by Crippen LogP contribution is 2.30. The van der Waals surface area contributed by atoms with Crippen molar-refractivity contribution in [2.24, 2.45) is 5.92 Å². The summed E-state index contributed by atoms with van der Waals surface area (Å²) in [6, 6.07) is 11.6. The second kappa shape index (κ2) is 9.65. The number of benzene rings is 2. The molecule has 0 spiro atoms. The molecule has 8 heteroatoms. The van der Waals surface area contributed by atoms with Gasteiger partial charge in [-0.05, 0) is 69.0 Å². The van der Waals surface area contributed by atoms with Gasteiger partial charge in [0.2, 0.25) is 15.9 Å². The second-order valence-electron chi connectivity index (χ2n) is 9.19. The van der Waals surface area contributed by atoms with Gasteiger partial charge in [0.15, 0.2) is 0 Å². The molecule has 4 rings (SSSR count). The first-order chi connectivity index (χ1) is 15.7. The predicted molar refractivity (Wildman–Crippen MR) is 132 cm³/mol. The zero-order chi connectivity index (χ0) is 23.8. The molecule has 0 bridgehead atoms. The fourth-order valence-electron chi connectivity index (χ4n) is 5.14. The van der Waals surface area contributed by atoms with Gasteiger partial charge in [-0.3, -0.25) is 4.79 Å². The molecule has 0 atom stereocenters. The number of halogens is 1. The Kier molecular flexibility index (Phi) is 7.03. The van der Waals surface area contributed by atoms with E-state index < -0.39 is 10.0 Å².